The summed E-state index contributed by atoms with van der Waals surface area (Å²) >= 11 is 1.49. The van der Waals surface area contributed by atoms with Crippen LogP contribution in [0.2, 0.25) is 0 Å². The van der Waals surface area contributed by atoms with E-state index in [1.54, 1.807) is 7.11 Å². The molecule has 6 heteroatoms. The highest BCUT2D eigenvalue weighted by atomic mass is 32.2. The highest BCUT2D eigenvalue weighted by Gasteiger charge is 2.13. The Hall–Kier alpha value is -2.34. The summed E-state index contributed by atoms with van der Waals surface area (Å²) < 4.78 is 16.4. The third-order valence-corrected chi connectivity index (χ3v) is 4.89. The van der Waals surface area contributed by atoms with Crippen molar-refractivity contribution in [3.05, 3.63) is 48.0 Å². The van der Waals surface area contributed by atoms with Gasteiger partial charge in [0.25, 0.3) is 0 Å². The van der Waals surface area contributed by atoms with Crippen molar-refractivity contribution in [2.24, 2.45) is 0 Å². The molecular weight excluding hydrogens is 362 g/mol. The zero-order valence-electron chi connectivity index (χ0n) is 16.3. The lowest BCUT2D eigenvalue weighted by Crippen LogP contribution is -2.28. The highest BCUT2D eigenvalue weighted by molar-refractivity contribution is 8.00. The summed E-state index contributed by atoms with van der Waals surface area (Å²) in [5.74, 6) is 2.56. The van der Waals surface area contributed by atoms with Gasteiger partial charge in [-0.25, -0.2) is 0 Å². The van der Waals surface area contributed by atoms with Crippen LogP contribution in [0, 0.1) is 0 Å². The molecule has 0 unspecified atom stereocenters. The summed E-state index contributed by atoms with van der Waals surface area (Å²) in [6.45, 7) is 6.97. The number of benzene rings is 2. The van der Waals surface area contributed by atoms with Gasteiger partial charge in [0.1, 0.15) is 5.75 Å². The van der Waals surface area contributed by atoms with E-state index in [1.807, 2.05) is 63.2 Å². The molecule has 0 spiro atoms. The first-order valence-electron chi connectivity index (χ1n) is 9.03. The first-order chi connectivity index (χ1) is 13.1. The number of carbonyl (C=O) groups is 1. The van der Waals surface area contributed by atoms with Crippen molar-refractivity contribution in [2.75, 3.05) is 26.1 Å². The van der Waals surface area contributed by atoms with Crippen LogP contribution in [-0.2, 0) is 4.79 Å². The molecule has 5 nitrogen and oxygen atoms in total. The van der Waals surface area contributed by atoms with Gasteiger partial charge in [-0.05, 0) is 62.7 Å². The Morgan fingerprint density at radius 2 is 1.70 bits per heavy atom. The minimum Gasteiger partial charge on any atom is -0.497 e. The lowest BCUT2D eigenvalue weighted by molar-refractivity contribution is -0.119. The van der Waals surface area contributed by atoms with Crippen LogP contribution < -0.4 is 19.5 Å². The van der Waals surface area contributed by atoms with Gasteiger partial charge in [-0.2, -0.15) is 0 Å². The molecule has 27 heavy (non-hydrogen) atoms. The Labute approximate surface area is 165 Å². The van der Waals surface area contributed by atoms with Crippen molar-refractivity contribution in [3.8, 4) is 17.2 Å². The molecule has 2 aromatic rings. The zero-order chi connectivity index (χ0) is 19.6. The van der Waals surface area contributed by atoms with E-state index < -0.39 is 0 Å². The molecule has 0 fully saturated rings. The number of ether oxygens (including phenoxy) is 3. The number of methoxy groups -OCH3 is 1. The van der Waals surface area contributed by atoms with Crippen molar-refractivity contribution in [1.29, 1.82) is 0 Å². The van der Waals surface area contributed by atoms with Crippen LogP contribution >= 0.6 is 11.8 Å². The van der Waals surface area contributed by atoms with Gasteiger partial charge in [-0.15, -0.1) is 11.8 Å². The van der Waals surface area contributed by atoms with Crippen molar-refractivity contribution in [3.63, 3.8) is 0 Å². The topological polar surface area (TPSA) is 56.8 Å². The standard InChI is InChI=1S/C21H27NO4S/c1-5-25-19-12-7-16(13-20(19)26-6-2)15(3)22-21(23)14-27-18-10-8-17(24-4)9-11-18/h7-13,15H,5-6,14H2,1-4H3,(H,22,23)/t15-/m1/s1. The monoisotopic (exact) mass is 389 g/mol. The number of thioether (sulfide) groups is 1. The van der Waals surface area contributed by atoms with E-state index in [1.165, 1.54) is 11.8 Å². The van der Waals surface area contributed by atoms with Crippen LogP contribution in [0.1, 0.15) is 32.4 Å². The second kappa shape index (κ2) is 10.7. The quantitative estimate of drug-likeness (QED) is 0.608. The molecule has 1 N–H and O–H groups in total. The van der Waals surface area contributed by atoms with E-state index >= 15 is 0 Å². The molecule has 0 saturated heterocycles. The number of carbonyl (C=O) groups excluding carboxylic acids is 1. The summed E-state index contributed by atoms with van der Waals surface area (Å²) in [4.78, 5) is 13.3. The average molecular weight is 390 g/mol. The van der Waals surface area contributed by atoms with Crippen LogP contribution in [0.15, 0.2) is 47.4 Å². The molecule has 0 aliphatic heterocycles. The largest absolute Gasteiger partial charge is 0.497 e. The van der Waals surface area contributed by atoms with E-state index in [9.17, 15) is 4.79 Å². The Morgan fingerprint density at radius 3 is 2.33 bits per heavy atom. The fraction of sp³-hybridized carbons (Fsp3) is 0.381. The van der Waals surface area contributed by atoms with Crippen molar-refractivity contribution in [2.45, 2.75) is 31.7 Å². The Bertz CT molecular complexity index is 733. The van der Waals surface area contributed by atoms with Gasteiger partial charge in [0.15, 0.2) is 11.5 Å². The number of amides is 1. The van der Waals surface area contributed by atoms with E-state index in [4.69, 9.17) is 14.2 Å². The van der Waals surface area contributed by atoms with Gasteiger partial charge < -0.3 is 19.5 Å². The van der Waals surface area contributed by atoms with Gasteiger partial charge in [-0.3, -0.25) is 4.79 Å². The summed E-state index contributed by atoms with van der Waals surface area (Å²) in [7, 11) is 1.63. The molecule has 0 heterocycles. The second-order valence-electron chi connectivity index (χ2n) is 5.83. The lowest BCUT2D eigenvalue weighted by Gasteiger charge is -2.17. The van der Waals surface area contributed by atoms with Crippen molar-refractivity contribution in [1.82, 2.24) is 5.32 Å². The molecule has 0 saturated carbocycles. The highest BCUT2D eigenvalue weighted by Crippen LogP contribution is 2.31. The van der Waals surface area contributed by atoms with Gasteiger partial charge in [-0.1, -0.05) is 6.07 Å². The van der Waals surface area contributed by atoms with E-state index in [-0.39, 0.29) is 11.9 Å². The molecule has 0 radical (unpaired) electrons. The summed E-state index contributed by atoms with van der Waals surface area (Å²) in [6.07, 6.45) is 0. The lowest BCUT2D eigenvalue weighted by atomic mass is 10.1. The molecule has 1 atom stereocenters. The number of nitrogens with one attached hydrogen (secondary N) is 1. The number of hydrogen-bond acceptors (Lipinski definition) is 5. The molecule has 2 aromatic carbocycles. The molecule has 2 rings (SSSR count). The van der Waals surface area contributed by atoms with Crippen LogP contribution in [0.4, 0.5) is 0 Å². The number of rotatable bonds is 10. The zero-order valence-corrected chi connectivity index (χ0v) is 17.1. The normalized spacial score (nSPS) is 11.6. The van der Waals surface area contributed by atoms with Gasteiger partial charge in [0, 0.05) is 4.90 Å². The van der Waals surface area contributed by atoms with E-state index in [0.29, 0.717) is 24.7 Å². The fourth-order valence-electron chi connectivity index (χ4n) is 2.52. The van der Waals surface area contributed by atoms with Crippen LogP contribution in [0.5, 0.6) is 17.2 Å². The molecule has 0 aromatic heterocycles. The minimum atomic E-state index is -0.121. The fourth-order valence-corrected chi connectivity index (χ4v) is 3.23. The minimum absolute atomic E-state index is 0.0184. The Balaban J connectivity index is 1.93. The first-order valence-corrected chi connectivity index (χ1v) is 10.0. The second-order valence-corrected chi connectivity index (χ2v) is 6.87. The Morgan fingerprint density at radius 1 is 1.04 bits per heavy atom. The smallest absolute Gasteiger partial charge is 0.230 e. The SMILES string of the molecule is CCOc1ccc([C@@H](C)NC(=O)CSc2ccc(OC)cc2)cc1OCC. The molecule has 0 aliphatic carbocycles. The van der Waals surface area contributed by atoms with Crippen LogP contribution in [0.25, 0.3) is 0 Å². The third kappa shape index (κ3) is 6.40. The molecule has 0 aliphatic rings. The summed E-state index contributed by atoms with van der Waals surface area (Å²) in [5, 5.41) is 3.03. The predicted octanol–water partition coefficient (Wildman–Crippen LogP) is 4.46. The van der Waals surface area contributed by atoms with Crippen LogP contribution in [-0.4, -0.2) is 32.0 Å². The molecule has 0 bridgehead atoms. The molecular formula is C21H27NO4S. The predicted molar refractivity (Wildman–Crippen MR) is 109 cm³/mol. The number of hydrogen-bond donors (Lipinski definition) is 1. The van der Waals surface area contributed by atoms with E-state index in [0.717, 1.165) is 22.0 Å². The summed E-state index contributed by atoms with van der Waals surface area (Å²) in [6, 6.07) is 13.3. The maximum absolute atomic E-state index is 12.3. The first kappa shape index (κ1) is 21.0. The molecule has 1 amide bonds. The van der Waals surface area contributed by atoms with Gasteiger partial charge >= 0.3 is 0 Å². The van der Waals surface area contributed by atoms with Gasteiger partial charge in [0.2, 0.25) is 5.91 Å². The van der Waals surface area contributed by atoms with Crippen LogP contribution in [0.3, 0.4) is 0 Å². The van der Waals surface area contributed by atoms with Crippen molar-refractivity contribution < 1.29 is 19.0 Å². The third-order valence-electron chi connectivity index (χ3n) is 3.87. The average Bonchev–Trinajstić information content (AvgIpc) is 2.68. The summed E-state index contributed by atoms with van der Waals surface area (Å²) in [5.41, 5.74) is 0.977. The maximum atomic E-state index is 12.3. The Kier molecular flexibility index (Phi) is 8.33. The molecule has 146 valence electrons. The van der Waals surface area contributed by atoms with E-state index in [2.05, 4.69) is 5.32 Å². The maximum Gasteiger partial charge on any atom is 0.230 e. The van der Waals surface area contributed by atoms with Gasteiger partial charge in [0.05, 0.1) is 32.1 Å². The van der Waals surface area contributed by atoms with Crippen molar-refractivity contribution >= 4 is 17.7 Å².